The lowest BCUT2D eigenvalue weighted by molar-refractivity contribution is 0.0398. The lowest BCUT2D eigenvalue weighted by atomic mass is 10.00. The van der Waals surface area contributed by atoms with E-state index in [0.29, 0.717) is 12.5 Å². The van der Waals surface area contributed by atoms with E-state index < -0.39 is 0 Å². The van der Waals surface area contributed by atoms with Crippen LogP contribution in [0.3, 0.4) is 0 Å². The van der Waals surface area contributed by atoms with Crippen molar-refractivity contribution in [2.45, 2.75) is 45.1 Å². The maximum Gasteiger partial charge on any atom is 0.410 e. The first-order valence-electron chi connectivity index (χ1n) is 6.86. The average molecular weight is 240 g/mol. The number of likely N-dealkylation sites (tertiary alicyclic amines) is 1. The molecule has 4 heteroatoms. The summed E-state index contributed by atoms with van der Waals surface area (Å²) < 4.78 is 5.60. The highest BCUT2D eigenvalue weighted by atomic mass is 16.6. The number of amides is 1. The molecule has 1 heterocycles. The minimum atomic E-state index is -0.123. The molecule has 2 rings (SSSR count). The van der Waals surface area contributed by atoms with Crippen LogP contribution in [0.25, 0.3) is 0 Å². The molecule has 1 aliphatic heterocycles. The van der Waals surface area contributed by atoms with Crippen molar-refractivity contribution in [3.05, 3.63) is 0 Å². The third kappa shape index (κ3) is 3.12. The normalized spacial score (nSPS) is 30.6. The highest BCUT2D eigenvalue weighted by Gasteiger charge is 2.31. The smallest absolute Gasteiger partial charge is 0.410 e. The van der Waals surface area contributed by atoms with Gasteiger partial charge in [0.25, 0.3) is 0 Å². The fourth-order valence-electron chi connectivity index (χ4n) is 2.82. The molecule has 2 atom stereocenters. The zero-order valence-electron chi connectivity index (χ0n) is 10.7. The summed E-state index contributed by atoms with van der Waals surface area (Å²) in [4.78, 5) is 13.8. The van der Waals surface area contributed by atoms with E-state index in [1.54, 1.807) is 0 Å². The van der Waals surface area contributed by atoms with E-state index in [2.05, 4.69) is 6.92 Å². The minimum absolute atomic E-state index is 0.0619. The van der Waals surface area contributed by atoms with Gasteiger partial charge in [-0.1, -0.05) is 6.92 Å². The van der Waals surface area contributed by atoms with Gasteiger partial charge in [-0.15, -0.1) is 0 Å². The van der Waals surface area contributed by atoms with Crippen LogP contribution < -0.4 is 5.73 Å². The quantitative estimate of drug-likeness (QED) is 0.803. The second-order valence-corrected chi connectivity index (χ2v) is 5.52. The number of piperidine rings is 1. The monoisotopic (exact) mass is 240 g/mol. The summed E-state index contributed by atoms with van der Waals surface area (Å²) in [6, 6.07) is 0. The molecular weight excluding hydrogens is 216 g/mol. The van der Waals surface area contributed by atoms with Crippen LogP contribution >= 0.6 is 0 Å². The molecule has 1 aliphatic carbocycles. The Morgan fingerprint density at radius 2 is 2.00 bits per heavy atom. The molecule has 2 N–H and O–H groups in total. The Morgan fingerprint density at radius 1 is 1.29 bits per heavy atom. The fourth-order valence-corrected chi connectivity index (χ4v) is 2.82. The van der Waals surface area contributed by atoms with Gasteiger partial charge in [0.05, 0.1) is 0 Å². The molecule has 2 aliphatic rings. The predicted octanol–water partition coefficient (Wildman–Crippen LogP) is 1.98. The Bertz CT molecular complexity index is 262. The standard InChI is InChI=1S/C13H24N2O2/c1-10-5-7-15(8-6-10)13(16)17-12-4-2-3-11(12)9-14/h10-12H,2-9,14H2,1H3. The highest BCUT2D eigenvalue weighted by Crippen LogP contribution is 2.28. The van der Waals surface area contributed by atoms with Crippen LogP contribution in [-0.4, -0.2) is 36.7 Å². The van der Waals surface area contributed by atoms with Gasteiger partial charge in [-0.25, -0.2) is 4.79 Å². The first kappa shape index (κ1) is 12.7. The Labute approximate surface area is 103 Å². The predicted molar refractivity (Wildman–Crippen MR) is 66.6 cm³/mol. The third-order valence-electron chi connectivity index (χ3n) is 4.19. The van der Waals surface area contributed by atoms with Gasteiger partial charge in [0.15, 0.2) is 0 Å². The van der Waals surface area contributed by atoms with E-state index in [0.717, 1.165) is 51.1 Å². The summed E-state index contributed by atoms with van der Waals surface area (Å²) in [6.45, 7) is 4.57. The lowest BCUT2D eigenvalue weighted by Gasteiger charge is -2.31. The molecule has 0 aromatic rings. The number of nitrogens with zero attached hydrogens (tertiary/aromatic N) is 1. The van der Waals surface area contributed by atoms with Crippen LogP contribution in [0, 0.1) is 11.8 Å². The molecule has 2 unspecified atom stereocenters. The third-order valence-corrected chi connectivity index (χ3v) is 4.19. The van der Waals surface area contributed by atoms with Gasteiger partial charge in [-0.05, 0) is 44.6 Å². The summed E-state index contributed by atoms with van der Waals surface area (Å²) in [5.74, 6) is 1.12. The van der Waals surface area contributed by atoms with Gasteiger partial charge in [-0.3, -0.25) is 0 Å². The molecule has 0 radical (unpaired) electrons. The van der Waals surface area contributed by atoms with E-state index in [1.165, 1.54) is 0 Å². The molecule has 2 fully saturated rings. The number of nitrogens with two attached hydrogens (primary N) is 1. The number of carbonyl (C=O) groups is 1. The molecule has 0 spiro atoms. The van der Waals surface area contributed by atoms with E-state index >= 15 is 0 Å². The van der Waals surface area contributed by atoms with Crippen molar-refractivity contribution in [2.75, 3.05) is 19.6 Å². The number of ether oxygens (including phenoxy) is 1. The molecule has 98 valence electrons. The molecular formula is C13H24N2O2. The molecule has 1 saturated heterocycles. The van der Waals surface area contributed by atoms with Crippen LogP contribution in [0.4, 0.5) is 4.79 Å². The van der Waals surface area contributed by atoms with E-state index in [-0.39, 0.29) is 12.2 Å². The summed E-state index contributed by atoms with van der Waals surface area (Å²) in [6.07, 6.45) is 5.36. The molecule has 0 bridgehead atoms. The number of hydrogen-bond donors (Lipinski definition) is 1. The van der Waals surface area contributed by atoms with E-state index in [1.807, 2.05) is 4.90 Å². The van der Waals surface area contributed by atoms with Crippen molar-refractivity contribution in [3.63, 3.8) is 0 Å². The first-order valence-corrected chi connectivity index (χ1v) is 6.86. The second-order valence-electron chi connectivity index (χ2n) is 5.52. The van der Waals surface area contributed by atoms with Gasteiger partial charge >= 0.3 is 6.09 Å². The van der Waals surface area contributed by atoms with Crippen molar-refractivity contribution < 1.29 is 9.53 Å². The van der Waals surface area contributed by atoms with E-state index in [9.17, 15) is 4.79 Å². The maximum atomic E-state index is 12.0. The maximum absolute atomic E-state index is 12.0. The van der Waals surface area contributed by atoms with Crippen molar-refractivity contribution in [2.24, 2.45) is 17.6 Å². The Morgan fingerprint density at radius 3 is 2.65 bits per heavy atom. The topological polar surface area (TPSA) is 55.6 Å². The molecule has 4 nitrogen and oxygen atoms in total. The van der Waals surface area contributed by atoms with E-state index in [4.69, 9.17) is 10.5 Å². The van der Waals surface area contributed by atoms with Crippen LogP contribution in [0.15, 0.2) is 0 Å². The highest BCUT2D eigenvalue weighted by molar-refractivity contribution is 5.68. The van der Waals surface area contributed by atoms with Gasteiger partial charge in [-0.2, -0.15) is 0 Å². The minimum Gasteiger partial charge on any atom is -0.446 e. The number of rotatable bonds is 2. The Kier molecular flexibility index (Phi) is 4.26. The molecule has 0 aromatic heterocycles. The Balaban J connectivity index is 1.80. The summed E-state index contributed by atoms with van der Waals surface area (Å²) >= 11 is 0. The number of hydrogen-bond acceptors (Lipinski definition) is 3. The van der Waals surface area contributed by atoms with Crippen molar-refractivity contribution in [3.8, 4) is 0 Å². The van der Waals surface area contributed by atoms with Gasteiger partial charge < -0.3 is 15.4 Å². The first-order chi connectivity index (χ1) is 8.20. The number of carbonyl (C=O) groups excluding carboxylic acids is 1. The van der Waals surface area contributed by atoms with Gasteiger partial charge in [0.2, 0.25) is 0 Å². The van der Waals surface area contributed by atoms with Crippen LogP contribution in [0.5, 0.6) is 0 Å². The molecule has 0 aromatic carbocycles. The summed E-state index contributed by atoms with van der Waals surface area (Å²) in [7, 11) is 0. The van der Waals surface area contributed by atoms with Crippen LogP contribution in [0.1, 0.15) is 39.0 Å². The fraction of sp³-hybridized carbons (Fsp3) is 0.923. The van der Waals surface area contributed by atoms with Crippen molar-refractivity contribution in [1.29, 1.82) is 0 Å². The summed E-state index contributed by atoms with van der Waals surface area (Å²) in [5.41, 5.74) is 5.69. The lowest BCUT2D eigenvalue weighted by Crippen LogP contribution is -2.41. The van der Waals surface area contributed by atoms with Crippen LogP contribution in [0.2, 0.25) is 0 Å². The largest absolute Gasteiger partial charge is 0.446 e. The van der Waals surface area contributed by atoms with Gasteiger partial charge in [0, 0.05) is 19.0 Å². The van der Waals surface area contributed by atoms with Crippen LogP contribution in [-0.2, 0) is 4.74 Å². The molecule has 1 amide bonds. The van der Waals surface area contributed by atoms with Crippen molar-refractivity contribution in [1.82, 2.24) is 4.90 Å². The second kappa shape index (κ2) is 5.71. The van der Waals surface area contributed by atoms with Gasteiger partial charge in [0.1, 0.15) is 6.10 Å². The van der Waals surface area contributed by atoms with Crippen molar-refractivity contribution >= 4 is 6.09 Å². The Hall–Kier alpha value is -0.770. The average Bonchev–Trinajstić information content (AvgIpc) is 2.77. The molecule has 1 saturated carbocycles. The zero-order valence-corrected chi connectivity index (χ0v) is 10.7. The zero-order chi connectivity index (χ0) is 12.3. The summed E-state index contributed by atoms with van der Waals surface area (Å²) in [5, 5.41) is 0. The SMILES string of the molecule is CC1CCN(C(=O)OC2CCCC2CN)CC1. The molecule has 17 heavy (non-hydrogen) atoms.